The molecule has 18 heavy (non-hydrogen) atoms. The van der Waals surface area contributed by atoms with Gasteiger partial charge in [0.2, 0.25) is 5.91 Å². The zero-order valence-corrected chi connectivity index (χ0v) is 11.9. The summed E-state index contributed by atoms with van der Waals surface area (Å²) in [6.45, 7) is 1.51. The van der Waals surface area contributed by atoms with E-state index in [1.165, 1.54) is 0 Å². The van der Waals surface area contributed by atoms with E-state index in [4.69, 9.17) is 4.74 Å². The van der Waals surface area contributed by atoms with Gasteiger partial charge in [0, 0.05) is 25.7 Å². The number of rotatable bonds is 6. The molecule has 0 bridgehead atoms. The van der Waals surface area contributed by atoms with Crippen molar-refractivity contribution in [2.75, 3.05) is 34.3 Å². The lowest BCUT2D eigenvalue weighted by Gasteiger charge is -2.17. The smallest absolute Gasteiger partial charge is 0.226 e. The molecule has 0 radical (unpaired) electrons. The van der Waals surface area contributed by atoms with Crippen molar-refractivity contribution in [2.24, 2.45) is 0 Å². The molecule has 4 nitrogen and oxygen atoms in total. The Kier molecular flexibility index (Phi) is 8.16. The molecule has 1 amide bonds. The maximum atomic E-state index is 11.9. The maximum absolute atomic E-state index is 11.9. The average Bonchev–Trinajstić information content (AvgIpc) is 2.36. The number of nitrogens with one attached hydrogen (secondary N) is 1. The van der Waals surface area contributed by atoms with Crippen LogP contribution in [0.3, 0.4) is 0 Å². The minimum Gasteiger partial charge on any atom is -0.496 e. The van der Waals surface area contributed by atoms with Crippen LogP contribution in [0.15, 0.2) is 24.3 Å². The van der Waals surface area contributed by atoms with Crippen molar-refractivity contribution >= 4 is 18.3 Å². The maximum Gasteiger partial charge on any atom is 0.226 e. The Morgan fingerprint density at radius 3 is 2.67 bits per heavy atom. The summed E-state index contributed by atoms with van der Waals surface area (Å²) in [6, 6.07) is 7.61. The number of hydrogen-bond donors (Lipinski definition) is 1. The largest absolute Gasteiger partial charge is 0.496 e. The molecule has 0 saturated heterocycles. The predicted molar refractivity (Wildman–Crippen MR) is 75.5 cm³/mol. The average molecular weight is 273 g/mol. The molecule has 0 atom stereocenters. The minimum absolute atomic E-state index is 0. The highest BCUT2D eigenvalue weighted by Gasteiger charge is 2.11. The molecule has 1 aromatic carbocycles. The molecule has 0 fully saturated rings. The van der Waals surface area contributed by atoms with E-state index in [2.05, 4.69) is 5.32 Å². The zero-order valence-electron chi connectivity index (χ0n) is 11.1. The lowest BCUT2D eigenvalue weighted by Crippen LogP contribution is -2.33. The second-order valence-electron chi connectivity index (χ2n) is 3.91. The normalized spacial score (nSPS) is 9.50. The summed E-state index contributed by atoms with van der Waals surface area (Å²) in [5.41, 5.74) is 0.927. The van der Waals surface area contributed by atoms with Gasteiger partial charge in [0.05, 0.1) is 13.5 Å². The quantitative estimate of drug-likeness (QED) is 0.850. The molecule has 0 spiro atoms. The lowest BCUT2D eigenvalue weighted by atomic mass is 10.1. The molecule has 0 aliphatic rings. The number of halogens is 1. The first-order valence-electron chi connectivity index (χ1n) is 5.69. The Morgan fingerprint density at radius 1 is 1.39 bits per heavy atom. The molecule has 1 aromatic rings. The predicted octanol–water partition coefficient (Wildman–Crippen LogP) is 1.34. The van der Waals surface area contributed by atoms with Gasteiger partial charge in [-0.15, -0.1) is 12.4 Å². The first-order valence-corrected chi connectivity index (χ1v) is 5.69. The molecule has 0 saturated carbocycles. The van der Waals surface area contributed by atoms with E-state index in [0.29, 0.717) is 13.0 Å². The van der Waals surface area contributed by atoms with Crippen molar-refractivity contribution in [2.45, 2.75) is 6.42 Å². The molecule has 5 heteroatoms. The third-order valence-corrected chi connectivity index (χ3v) is 2.66. The van der Waals surface area contributed by atoms with Gasteiger partial charge in [-0.2, -0.15) is 0 Å². The van der Waals surface area contributed by atoms with Crippen molar-refractivity contribution in [3.05, 3.63) is 29.8 Å². The standard InChI is InChI=1S/C13H20N2O2.ClH/c1-14-8-9-15(2)13(16)10-11-6-4-5-7-12(11)17-3;/h4-7,14H,8-10H2,1-3H3;1H. The molecule has 1 N–H and O–H groups in total. The van der Waals surface area contributed by atoms with Crippen LogP contribution in [0.1, 0.15) is 5.56 Å². The van der Waals surface area contributed by atoms with Crippen molar-refractivity contribution in [1.29, 1.82) is 0 Å². The number of benzene rings is 1. The number of carbonyl (C=O) groups is 1. The van der Waals surface area contributed by atoms with Gasteiger partial charge in [0.1, 0.15) is 5.75 Å². The molecular weight excluding hydrogens is 252 g/mol. The molecule has 102 valence electrons. The number of likely N-dealkylation sites (N-methyl/N-ethyl adjacent to an activating group) is 2. The summed E-state index contributed by atoms with van der Waals surface area (Å²) in [7, 11) is 5.31. The zero-order chi connectivity index (χ0) is 12.7. The second-order valence-corrected chi connectivity index (χ2v) is 3.91. The number of para-hydroxylation sites is 1. The molecule has 1 rings (SSSR count). The lowest BCUT2D eigenvalue weighted by molar-refractivity contribution is -0.129. The van der Waals surface area contributed by atoms with Gasteiger partial charge in [0.25, 0.3) is 0 Å². The SMILES string of the molecule is CNCCN(C)C(=O)Cc1ccccc1OC.Cl. The summed E-state index contributed by atoms with van der Waals surface area (Å²) in [4.78, 5) is 13.7. The highest BCUT2D eigenvalue weighted by Crippen LogP contribution is 2.18. The van der Waals surface area contributed by atoms with Gasteiger partial charge in [-0.1, -0.05) is 18.2 Å². The van der Waals surface area contributed by atoms with Crippen LogP contribution < -0.4 is 10.1 Å². The fourth-order valence-corrected chi connectivity index (χ4v) is 1.55. The van der Waals surface area contributed by atoms with Crippen LogP contribution in [0.2, 0.25) is 0 Å². The van der Waals surface area contributed by atoms with E-state index in [9.17, 15) is 4.79 Å². The highest BCUT2D eigenvalue weighted by atomic mass is 35.5. The summed E-state index contributed by atoms with van der Waals surface area (Å²) in [6.07, 6.45) is 0.379. The van der Waals surface area contributed by atoms with Crippen molar-refractivity contribution in [3.8, 4) is 5.75 Å². The van der Waals surface area contributed by atoms with E-state index < -0.39 is 0 Å². The van der Waals surface area contributed by atoms with E-state index in [1.54, 1.807) is 12.0 Å². The van der Waals surface area contributed by atoms with Gasteiger partial charge >= 0.3 is 0 Å². The van der Waals surface area contributed by atoms with Crippen LogP contribution in [0.5, 0.6) is 5.75 Å². The number of ether oxygens (including phenoxy) is 1. The molecule has 0 aromatic heterocycles. The van der Waals surface area contributed by atoms with E-state index in [0.717, 1.165) is 17.9 Å². The Labute approximate surface area is 115 Å². The molecular formula is C13H21ClN2O2. The van der Waals surface area contributed by atoms with Gasteiger partial charge in [-0.25, -0.2) is 0 Å². The summed E-state index contributed by atoms with van der Waals surface area (Å²) in [5, 5.41) is 3.02. The number of amides is 1. The van der Waals surface area contributed by atoms with Gasteiger partial charge < -0.3 is 15.0 Å². The van der Waals surface area contributed by atoms with Crippen molar-refractivity contribution in [3.63, 3.8) is 0 Å². The first kappa shape index (κ1) is 16.7. The molecule has 0 unspecified atom stereocenters. The molecule has 0 heterocycles. The third kappa shape index (κ3) is 4.94. The first-order chi connectivity index (χ1) is 8.19. The van der Waals surface area contributed by atoms with E-state index >= 15 is 0 Å². The number of hydrogen-bond acceptors (Lipinski definition) is 3. The van der Waals surface area contributed by atoms with Crippen LogP contribution in [-0.2, 0) is 11.2 Å². The number of carbonyl (C=O) groups excluding carboxylic acids is 1. The minimum atomic E-state index is 0. The Balaban J connectivity index is 0.00000289. The Hall–Kier alpha value is -1.26. The van der Waals surface area contributed by atoms with Crippen LogP contribution in [0.4, 0.5) is 0 Å². The Morgan fingerprint density at radius 2 is 2.06 bits per heavy atom. The van der Waals surface area contributed by atoms with Gasteiger partial charge in [0.15, 0.2) is 0 Å². The van der Waals surface area contributed by atoms with Crippen LogP contribution >= 0.6 is 12.4 Å². The summed E-state index contributed by atoms with van der Waals surface area (Å²) >= 11 is 0. The third-order valence-electron chi connectivity index (χ3n) is 2.66. The van der Waals surface area contributed by atoms with Crippen molar-refractivity contribution in [1.82, 2.24) is 10.2 Å². The van der Waals surface area contributed by atoms with E-state index in [1.807, 2.05) is 38.4 Å². The fourth-order valence-electron chi connectivity index (χ4n) is 1.55. The summed E-state index contributed by atoms with van der Waals surface area (Å²) in [5.74, 6) is 0.868. The van der Waals surface area contributed by atoms with Crippen LogP contribution in [0.25, 0.3) is 0 Å². The Bertz CT molecular complexity index is 372. The second kappa shape index (κ2) is 8.78. The van der Waals surface area contributed by atoms with Crippen LogP contribution in [-0.4, -0.2) is 45.1 Å². The topological polar surface area (TPSA) is 41.6 Å². The number of nitrogens with zero attached hydrogens (tertiary/aromatic N) is 1. The van der Waals surface area contributed by atoms with Gasteiger partial charge in [-0.3, -0.25) is 4.79 Å². The highest BCUT2D eigenvalue weighted by molar-refractivity contribution is 5.85. The van der Waals surface area contributed by atoms with Gasteiger partial charge in [-0.05, 0) is 13.1 Å². The van der Waals surface area contributed by atoms with E-state index in [-0.39, 0.29) is 18.3 Å². The number of methoxy groups -OCH3 is 1. The fraction of sp³-hybridized carbons (Fsp3) is 0.462. The molecule has 0 aliphatic heterocycles. The molecule has 0 aliphatic carbocycles. The summed E-state index contributed by atoms with van der Waals surface area (Å²) < 4.78 is 5.22. The monoisotopic (exact) mass is 272 g/mol. The van der Waals surface area contributed by atoms with Crippen LogP contribution in [0, 0.1) is 0 Å². The van der Waals surface area contributed by atoms with Crippen molar-refractivity contribution < 1.29 is 9.53 Å².